The van der Waals surface area contributed by atoms with Crippen molar-refractivity contribution in [1.29, 1.82) is 0 Å². The van der Waals surface area contributed by atoms with Gasteiger partial charge in [0.05, 0.1) is 64.1 Å². The number of benzene rings is 5. The van der Waals surface area contributed by atoms with Gasteiger partial charge in [-0.2, -0.15) is 0 Å². The van der Waals surface area contributed by atoms with Crippen molar-refractivity contribution in [3.05, 3.63) is 200 Å². The van der Waals surface area contributed by atoms with Crippen LogP contribution in [0.3, 0.4) is 0 Å². The number of aliphatic hydroxyl groups excluding tert-OH is 1. The van der Waals surface area contributed by atoms with E-state index in [4.69, 9.17) is 56.8 Å². The lowest BCUT2D eigenvalue weighted by molar-refractivity contribution is -0.384. The van der Waals surface area contributed by atoms with Crippen LogP contribution in [0.5, 0.6) is 5.75 Å². The predicted molar refractivity (Wildman–Crippen MR) is 414 cm³/mol. The molecule has 2 heterocycles. The summed E-state index contributed by atoms with van der Waals surface area (Å²) in [7, 11) is 2.95. The Bertz CT molecular complexity index is 4680. The van der Waals surface area contributed by atoms with Gasteiger partial charge >= 0.3 is 42.0 Å². The Kier molecular flexibility index (Phi) is 23.7. The van der Waals surface area contributed by atoms with Crippen molar-refractivity contribution in [2.24, 2.45) is 45.3 Å². The van der Waals surface area contributed by atoms with E-state index in [1.165, 1.54) is 40.2 Å². The molecule has 4 bridgehead atoms. The number of hydrogen-bond acceptors (Lipinski definition) is 26. The SMILES string of the molecule is CO[C@H]1C[C@H]2OC[C@@]2(OC(C)=O)[C@H]2[C@H](OC(=O)c3ccccc3)[C@]3(O)CC(OC(=O)[C@H](O)[C@@H](C)c4ccccc4)C(C)=C(C(C)C(=O)[C@]12C)C3(C)C.CO[C@H]1C[C@H]2OC[C@@]2(OC(C)=O)[C@H]2[C@H](OC(=O)c3ccccc3)[C@]3(O)CC(OC(=O)[C@H](OC(=O)Oc4ccc([N+](=O)[O-])cc4)[C@@H](C)c4ccccc4)C(C)=C(C(C)C(=O)[C@]12C)C3(C)C. The molecule has 8 aliphatic rings. The molecular formula is C89H103NO26. The summed E-state index contributed by atoms with van der Waals surface area (Å²) in [5.41, 5.74) is -9.48. The molecular weight excluding hydrogens is 1500 g/mol. The molecule has 13 rings (SSSR count). The van der Waals surface area contributed by atoms with Gasteiger partial charge in [0, 0.05) is 100 Å². The highest BCUT2D eigenvalue weighted by Gasteiger charge is 2.80. The van der Waals surface area contributed by atoms with Crippen LogP contribution in [0.2, 0.25) is 0 Å². The van der Waals surface area contributed by atoms with E-state index in [0.29, 0.717) is 27.9 Å². The van der Waals surface area contributed by atoms with Crippen LogP contribution in [0.4, 0.5) is 10.5 Å². The third-order valence-electron chi connectivity index (χ3n) is 27.0. The lowest BCUT2D eigenvalue weighted by Crippen LogP contribution is -2.81. The van der Waals surface area contributed by atoms with Gasteiger partial charge in [0.2, 0.25) is 6.10 Å². The molecule has 4 unspecified atom stereocenters. The molecule has 5 aromatic carbocycles. The number of hydrogen-bond donors (Lipinski definition) is 3. The third kappa shape index (κ3) is 14.3. The third-order valence-corrected chi connectivity index (χ3v) is 27.0. The van der Waals surface area contributed by atoms with Crippen molar-refractivity contribution in [2.45, 2.75) is 218 Å². The Balaban J connectivity index is 0.000000219. The molecule has 2 saturated heterocycles. The first-order chi connectivity index (χ1) is 54.7. The quantitative estimate of drug-likeness (QED) is 0.0173. The van der Waals surface area contributed by atoms with E-state index < -0.39 is 188 Å². The summed E-state index contributed by atoms with van der Waals surface area (Å²) in [5.74, 6) is -11.2. The molecule has 4 saturated carbocycles. The van der Waals surface area contributed by atoms with Crippen LogP contribution in [0.25, 0.3) is 0 Å². The predicted octanol–water partition coefficient (Wildman–Crippen LogP) is 11.6. The molecule has 0 radical (unpaired) electrons. The number of methoxy groups -OCH3 is 2. The fourth-order valence-corrected chi connectivity index (χ4v) is 20.9. The summed E-state index contributed by atoms with van der Waals surface area (Å²) in [6, 6.07) is 38.9. The number of ketones is 2. The van der Waals surface area contributed by atoms with Gasteiger partial charge in [-0.15, -0.1) is 0 Å². The molecule has 5 aromatic rings. The van der Waals surface area contributed by atoms with E-state index in [1.54, 1.807) is 174 Å². The lowest BCUT2D eigenvalue weighted by atomic mass is 9.43. The van der Waals surface area contributed by atoms with Crippen LogP contribution in [0.1, 0.15) is 166 Å². The maximum absolute atomic E-state index is 15.5. The minimum atomic E-state index is -2.17. The Morgan fingerprint density at radius 3 is 1.26 bits per heavy atom. The maximum atomic E-state index is 15.5. The molecule has 620 valence electrons. The fraction of sp³-hybridized carbons (Fsp3) is 0.517. The Hall–Kier alpha value is -9.87. The van der Waals surface area contributed by atoms with Crippen molar-refractivity contribution >= 4 is 59.2 Å². The van der Waals surface area contributed by atoms with Gasteiger partial charge in [0.1, 0.15) is 65.1 Å². The summed E-state index contributed by atoms with van der Waals surface area (Å²) < 4.78 is 73.0. The average molecular weight is 1600 g/mol. The van der Waals surface area contributed by atoms with E-state index in [2.05, 4.69) is 0 Å². The van der Waals surface area contributed by atoms with Gasteiger partial charge in [0.25, 0.3) is 5.69 Å². The number of carbonyl (C=O) groups is 9. The Morgan fingerprint density at radius 2 is 0.905 bits per heavy atom. The number of nitrogens with zero attached hydrogens (tertiary/aromatic N) is 1. The Labute approximate surface area is 673 Å². The normalized spacial score (nSPS) is 33.4. The van der Waals surface area contributed by atoms with E-state index in [1.807, 2.05) is 30.3 Å². The fourth-order valence-electron chi connectivity index (χ4n) is 20.9. The molecule has 6 aliphatic carbocycles. The van der Waals surface area contributed by atoms with Crippen LogP contribution in [0, 0.1) is 55.4 Å². The number of rotatable bonds is 19. The van der Waals surface area contributed by atoms with Gasteiger partial charge in [-0.05, 0) is 97.5 Å². The van der Waals surface area contributed by atoms with Gasteiger partial charge < -0.3 is 72.2 Å². The number of Topliss-reactive ketones (excluding diaryl/α,β-unsaturated/α-hetero) is 2. The van der Waals surface area contributed by atoms with Crippen LogP contribution in [0.15, 0.2) is 168 Å². The number of aliphatic hydroxyl groups is 3. The van der Waals surface area contributed by atoms with Crippen molar-refractivity contribution < 1.29 is 120 Å². The van der Waals surface area contributed by atoms with Crippen molar-refractivity contribution in [3.63, 3.8) is 0 Å². The maximum Gasteiger partial charge on any atom is 0.514 e. The monoisotopic (exact) mass is 1600 g/mol. The first-order valence-electron chi connectivity index (χ1n) is 39.1. The van der Waals surface area contributed by atoms with E-state index in [0.717, 1.165) is 17.7 Å². The van der Waals surface area contributed by atoms with Crippen LogP contribution in [-0.2, 0) is 80.9 Å². The van der Waals surface area contributed by atoms with Crippen LogP contribution < -0.4 is 4.74 Å². The molecule has 27 heteroatoms. The van der Waals surface area contributed by atoms with Crippen molar-refractivity contribution in [3.8, 4) is 5.75 Å². The molecule has 2 aliphatic heterocycles. The van der Waals surface area contributed by atoms with E-state index in [9.17, 15) is 59.0 Å². The largest absolute Gasteiger partial charge is 0.514 e. The van der Waals surface area contributed by atoms with Crippen LogP contribution in [-0.4, -0.2) is 185 Å². The zero-order valence-corrected chi connectivity index (χ0v) is 68.0. The Morgan fingerprint density at radius 1 is 0.534 bits per heavy atom. The second-order valence-corrected chi connectivity index (χ2v) is 33.7. The summed E-state index contributed by atoms with van der Waals surface area (Å²) in [6.45, 7) is 23.0. The molecule has 116 heavy (non-hydrogen) atoms. The molecule has 0 aromatic heterocycles. The first-order valence-corrected chi connectivity index (χ1v) is 39.1. The van der Waals surface area contributed by atoms with Gasteiger partial charge in [-0.25, -0.2) is 24.0 Å². The standard InChI is InChI=1S/C48H53NO15.C41H50O11/c1-26(30-15-11-9-12-16-30)38(62-44(54)60-33-21-19-32(20-22-33)49(56)57)43(53)61-34-24-48(55)41(63-42(52)31-17-13-10-14-18-31)39-46(7,40(51)28(3)37(27(34)2)45(48,5)6)35(58-8)23-36-47(39,25-59-36)64-29(4)50;1-22(26-15-11-9-12-16-26)32(43)37(46)50-28-20-41(47)35(51-36(45)27-17-13-10-14-18-27)33-39(7,34(44)24(3)31(23(28)2)38(41,5)6)29(48-8)19-30-40(33,21-49-30)52-25(4)42/h9-22,26,28,34-36,38-39,41,55H,23-25H2,1-8H3;9-18,22,24,28-30,32-33,35,43,47H,19-21H2,1-8H3/t26-,28?,34?,35-,36+,38+,39-,41-,46+,47-,48+;22-,24?,28?,29-,30+,32+,33-,35-,39+,40-,41+/m00/s1. The second kappa shape index (κ2) is 32.2. The molecule has 3 N–H and O–H groups in total. The minimum Gasteiger partial charge on any atom is -0.456 e. The average Bonchev–Trinajstić information content (AvgIpc) is 0.672. The minimum absolute atomic E-state index is 0.0849. The zero-order valence-electron chi connectivity index (χ0n) is 68.0. The number of esters is 6. The summed E-state index contributed by atoms with van der Waals surface area (Å²) >= 11 is 0. The lowest BCUT2D eigenvalue weighted by Gasteiger charge is -2.68. The highest BCUT2D eigenvalue weighted by atomic mass is 16.7. The summed E-state index contributed by atoms with van der Waals surface area (Å²) in [5, 5.41) is 49.7. The molecule has 22 atom stereocenters. The van der Waals surface area contributed by atoms with Gasteiger partial charge in [-0.3, -0.25) is 29.3 Å². The van der Waals surface area contributed by atoms with Gasteiger partial charge in [-0.1, -0.05) is 152 Å². The van der Waals surface area contributed by atoms with Crippen molar-refractivity contribution in [1.82, 2.24) is 0 Å². The first kappa shape index (κ1) is 85.5. The van der Waals surface area contributed by atoms with Crippen LogP contribution >= 0.6 is 0 Å². The number of nitro groups is 1. The summed E-state index contributed by atoms with van der Waals surface area (Å²) in [4.78, 5) is 138. The summed E-state index contributed by atoms with van der Waals surface area (Å²) in [6.07, 6.45) is -13.5. The molecule has 27 nitrogen and oxygen atoms in total. The second-order valence-electron chi connectivity index (χ2n) is 33.7. The number of nitro benzene ring substituents is 1. The van der Waals surface area contributed by atoms with E-state index in [-0.39, 0.29) is 73.0 Å². The zero-order chi connectivity index (χ0) is 84.5. The van der Waals surface area contributed by atoms with E-state index >= 15 is 9.59 Å². The number of ether oxygens (including phenoxy) is 12. The topological polar surface area (TPSA) is 368 Å². The molecule has 0 amide bonds. The highest BCUT2D eigenvalue weighted by Crippen LogP contribution is 2.68. The number of non-ortho nitro benzene ring substituents is 1. The highest BCUT2D eigenvalue weighted by molar-refractivity contribution is 5.94. The smallest absolute Gasteiger partial charge is 0.456 e. The van der Waals surface area contributed by atoms with Gasteiger partial charge in [0.15, 0.2) is 17.3 Å². The number of carbonyl (C=O) groups excluding carboxylic acids is 9. The molecule has 0 spiro atoms. The molecule has 6 fully saturated rings. The van der Waals surface area contributed by atoms with Crippen molar-refractivity contribution in [2.75, 3.05) is 27.4 Å². The number of fused-ring (bicyclic) bond motifs is 10.